The number of fused-ring (bicyclic) bond motifs is 1. The summed E-state index contributed by atoms with van der Waals surface area (Å²) >= 11 is 0. The van der Waals surface area contributed by atoms with E-state index in [9.17, 15) is 4.79 Å². The van der Waals surface area contributed by atoms with Crippen molar-refractivity contribution in [1.29, 1.82) is 0 Å². The molecule has 0 atom stereocenters. The maximum Gasteiger partial charge on any atom is 0.328 e. The molecule has 0 aliphatic rings. The molecule has 0 saturated carbocycles. The Morgan fingerprint density at radius 2 is 2.17 bits per heavy atom. The first kappa shape index (κ1) is 12.3. The summed E-state index contributed by atoms with van der Waals surface area (Å²) in [4.78, 5) is 15.1. The summed E-state index contributed by atoms with van der Waals surface area (Å²) in [6.45, 7) is 4.00. The van der Waals surface area contributed by atoms with Crippen LogP contribution in [0.1, 0.15) is 23.7 Å². The number of pyridine rings is 1. The van der Waals surface area contributed by atoms with Crippen molar-refractivity contribution in [1.82, 2.24) is 4.98 Å². The maximum absolute atomic E-state index is 10.6. The molecule has 0 radical (unpaired) electrons. The van der Waals surface area contributed by atoms with Crippen LogP contribution in [0.5, 0.6) is 0 Å². The lowest BCUT2D eigenvalue weighted by atomic mass is 10.0. The molecule has 0 spiro atoms. The molecule has 1 heterocycles. The average Bonchev–Trinajstić information content (AvgIpc) is 2.35. The SMILES string of the molecule is CCc1ccc2nc(C)cc(/C=C/C(=O)O)c2c1. The molecule has 0 saturated heterocycles. The monoisotopic (exact) mass is 241 g/mol. The summed E-state index contributed by atoms with van der Waals surface area (Å²) < 4.78 is 0. The van der Waals surface area contributed by atoms with E-state index in [4.69, 9.17) is 5.11 Å². The molecule has 1 N–H and O–H groups in total. The summed E-state index contributed by atoms with van der Waals surface area (Å²) in [7, 11) is 0. The van der Waals surface area contributed by atoms with E-state index < -0.39 is 5.97 Å². The molecule has 0 bridgehead atoms. The van der Waals surface area contributed by atoms with Gasteiger partial charge < -0.3 is 5.11 Å². The molecule has 3 heteroatoms. The topological polar surface area (TPSA) is 50.2 Å². The quantitative estimate of drug-likeness (QED) is 0.839. The average molecular weight is 241 g/mol. The molecular formula is C15H15NO2. The Morgan fingerprint density at radius 1 is 1.39 bits per heavy atom. The van der Waals surface area contributed by atoms with Gasteiger partial charge in [-0.05, 0) is 48.7 Å². The standard InChI is InChI=1S/C15H15NO2/c1-3-11-4-6-14-13(9-11)12(5-7-15(17)18)8-10(2)16-14/h4-9H,3H2,1-2H3,(H,17,18)/b7-5+. The highest BCUT2D eigenvalue weighted by Gasteiger charge is 2.03. The van der Waals surface area contributed by atoms with Crippen LogP contribution in [0.2, 0.25) is 0 Å². The van der Waals surface area contributed by atoms with E-state index in [1.54, 1.807) is 6.08 Å². The molecule has 0 aliphatic heterocycles. The van der Waals surface area contributed by atoms with Gasteiger partial charge >= 0.3 is 5.97 Å². The van der Waals surface area contributed by atoms with Crippen molar-refractivity contribution in [2.24, 2.45) is 0 Å². The first-order valence-corrected chi connectivity index (χ1v) is 5.91. The summed E-state index contributed by atoms with van der Waals surface area (Å²) in [5.41, 5.74) is 3.90. The van der Waals surface area contributed by atoms with Gasteiger partial charge in [-0.25, -0.2) is 4.79 Å². The zero-order valence-electron chi connectivity index (χ0n) is 10.5. The van der Waals surface area contributed by atoms with Crippen LogP contribution in [0.3, 0.4) is 0 Å². The second kappa shape index (κ2) is 5.00. The smallest absolute Gasteiger partial charge is 0.328 e. The number of nitrogens with zero attached hydrogens (tertiary/aromatic N) is 1. The van der Waals surface area contributed by atoms with Gasteiger partial charge in [0.15, 0.2) is 0 Å². The van der Waals surface area contributed by atoms with Crippen molar-refractivity contribution in [3.63, 3.8) is 0 Å². The van der Waals surface area contributed by atoms with Gasteiger partial charge in [0.1, 0.15) is 0 Å². The van der Waals surface area contributed by atoms with E-state index >= 15 is 0 Å². The highest BCUT2D eigenvalue weighted by Crippen LogP contribution is 2.21. The molecule has 0 fully saturated rings. The van der Waals surface area contributed by atoms with E-state index in [1.165, 1.54) is 5.56 Å². The highest BCUT2D eigenvalue weighted by molar-refractivity contribution is 5.93. The predicted octanol–water partition coefficient (Wildman–Crippen LogP) is 3.20. The number of aryl methyl sites for hydroxylation is 2. The van der Waals surface area contributed by atoms with Crippen molar-refractivity contribution in [3.8, 4) is 0 Å². The molecule has 0 amide bonds. The van der Waals surface area contributed by atoms with Crippen LogP contribution in [-0.4, -0.2) is 16.1 Å². The van der Waals surface area contributed by atoms with Gasteiger partial charge in [0.25, 0.3) is 0 Å². The molecule has 1 aromatic heterocycles. The van der Waals surface area contributed by atoms with E-state index in [0.29, 0.717) is 0 Å². The molecule has 1 aromatic carbocycles. The van der Waals surface area contributed by atoms with Crippen LogP contribution in [0.4, 0.5) is 0 Å². The van der Waals surface area contributed by atoms with Crippen LogP contribution in [0.15, 0.2) is 30.3 Å². The molecule has 18 heavy (non-hydrogen) atoms. The number of rotatable bonds is 3. The van der Waals surface area contributed by atoms with Gasteiger partial charge in [-0.1, -0.05) is 13.0 Å². The maximum atomic E-state index is 10.6. The van der Waals surface area contributed by atoms with Crippen LogP contribution in [-0.2, 0) is 11.2 Å². The number of hydrogen-bond acceptors (Lipinski definition) is 2. The Hall–Kier alpha value is -2.16. The Balaban J connectivity index is 2.65. The Morgan fingerprint density at radius 3 is 2.83 bits per heavy atom. The minimum atomic E-state index is -0.940. The second-order valence-corrected chi connectivity index (χ2v) is 4.23. The lowest BCUT2D eigenvalue weighted by Gasteiger charge is -2.06. The second-order valence-electron chi connectivity index (χ2n) is 4.23. The summed E-state index contributed by atoms with van der Waals surface area (Å²) in [5, 5.41) is 9.71. The molecular weight excluding hydrogens is 226 g/mol. The third kappa shape index (κ3) is 2.56. The van der Waals surface area contributed by atoms with Gasteiger partial charge in [-0.15, -0.1) is 0 Å². The van der Waals surface area contributed by atoms with Gasteiger partial charge in [-0.2, -0.15) is 0 Å². The number of carboxylic acids is 1. The number of benzene rings is 1. The third-order valence-corrected chi connectivity index (χ3v) is 2.85. The van der Waals surface area contributed by atoms with E-state index in [0.717, 1.165) is 34.7 Å². The zero-order chi connectivity index (χ0) is 13.1. The lowest BCUT2D eigenvalue weighted by molar-refractivity contribution is -0.131. The summed E-state index contributed by atoms with van der Waals surface area (Å²) in [6.07, 6.45) is 3.73. The first-order valence-electron chi connectivity index (χ1n) is 5.91. The number of aromatic nitrogens is 1. The highest BCUT2D eigenvalue weighted by atomic mass is 16.4. The first-order chi connectivity index (χ1) is 8.60. The van der Waals surface area contributed by atoms with Crippen LogP contribution >= 0.6 is 0 Å². The van der Waals surface area contributed by atoms with E-state index in [1.807, 2.05) is 19.1 Å². The Kier molecular flexibility index (Phi) is 3.42. The predicted molar refractivity (Wildman–Crippen MR) is 72.5 cm³/mol. The van der Waals surface area contributed by atoms with Gasteiger partial charge in [0.2, 0.25) is 0 Å². The summed E-state index contributed by atoms with van der Waals surface area (Å²) in [5.74, 6) is -0.940. The largest absolute Gasteiger partial charge is 0.478 e. The fourth-order valence-electron chi connectivity index (χ4n) is 1.96. The molecule has 92 valence electrons. The molecule has 0 aliphatic carbocycles. The lowest BCUT2D eigenvalue weighted by Crippen LogP contribution is -1.91. The Labute approximate surface area is 106 Å². The van der Waals surface area contributed by atoms with Gasteiger partial charge in [-0.3, -0.25) is 4.98 Å². The molecule has 2 aromatic rings. The number of hydrogen-bond donors (Lipinski definition) is 1. The van der Waals surface area contributed by atoms with Gasteiger partial charge in [0, 0.05) is 17.2 Å². The molecule has 2 rings (SSSR count). The van der Waals surface area contributed by atoms with Crippen LogP contribution in [0.25, 0.3) is 17.0 Å². The van der Waals surface area contributed by atoms with Crippen molar-refractivity contribution in [2.75, 3.05) is 0 Å². The van der Waals surface area contributed by atoms with E-state index in [-0.39, 0.29) is 0 Å². The van der Waals surface area contributed by atoms with Crippen molar-refractivity contribution >= 4 is 22.9 Å². The fourth-order valence-corrected chi connectivity index (χ4v) is 1.96. The normalized spacial score (nSPS) is 11.2. The van der Waals surface area contributed by atoms with Crippen molar-refractivity contribution < 1.29 is 9.90 Å². The fraction of sp³-hybridized carbons (Fsp3) is 0.200. The van der Waals surface area contributed by atoms with Crippen molar-refractivity contribution in [2.45, 2.75) is 20.3 Å². The van der Waals surface area contributed by atoms with Crippen molar-refractivity contribution in [3.05, 3.63) is 47.2 Å². The summed E-state index contributed by atoms with van der Waals surface area (Å²) in [6, 6.07) is 8.02. The van der Waals surface area contributed by atoms with Crippen LogP contribution < -0.4 is 0 Å². The number of carboxylic acid groups (broad SMARTS) is 1. The Bertz CT molecular complexity index is 630. The van der Waals surface area contributed by atoms with Crippen LogP contribution in [0, 0.1) is 6.92 Å². The van der Waals surface area contributed by atoms with Gasteiger partial charge in [0.05, 0.1) is 5.52 Å². The number of aliphatic carboxylic acids is 1. The zero-order valence-corrected chi connectivity index (χ0v) is 10.5. The van der Waals surface area contributed by atoms with E-state index in [2.05, 4.69) is 24.0 Å². The number of carbonyl (C=O) groups is 1. The molecule has 0 unspecified atom stereocenters. The minimum absolute atomic E-state index is 0.886. The third-order valence-electron chi connectivity index (χ3n) is 2.85. The molecule has 3 nitrogen and oxygen atoms in total. The minimum Gasteiger partial charge on any atom is -0.478 e.